The average molecular weight is 387 g/mol. The summed E-state index contributed by atoms with van der Waals surface area (Å²) in [6, 6.07) is 0. The lowest BCUT2D eigenvalue weighted by Gasteiger charge is -2.40. The smallest absolute Gasteiger partial charge is 0.225 e. The molecule has 0 atom stereocenters. The lowest BCUT2D eigenvalue weighted by atomic mass is 9.78. The van der Waals surface area contributed by atoms with Crippen LogP contribution in [0.2, 0.25) is 0 Å². The highest BCUT2D eigenvalue weighted by Gasteiger charge is 2.36. The first kappa shape index (κ1) is 19.5. The van der Waals surface area contributed by atoms with E-state index in [0.717, 1.165) is 94.3 Å². The third kappa shape index (κ3) is 4.26. The van der Waals surface area contributed by atoms with Gasteiger partial charge in [0.2, 0.25) is 11.8 Å². The number of likely N-dealkylation sites (tertiary alicyclic amines) is 2. The monoisotopic (exact) mass is 386 g/mol. The minimum atomic E-state index is 0.267. The Hall–Kier alpha value is -1.85. The number of hydrogen-bond acceptors (Lipinski definition) is 3. The van der Waals surface area contributed by atoms with Gasteiger partial charge in [0.05, 0.1) is 5.69 Å². The standard InChI is InChI=1S/C22H34N4O2/c1-15-16(2)23-24-20(15)5-6-21(27)25-11-7-17(8-12-25)18-9-13-26(14-10-18)22(28)19-3-4-19/h17-19H,3-14H2,1-2H3,(H,23,24). The molecule has 3 aliphatic rings. The van der Waals surface area contributed by atoms with Gasteiger partial charge in [0, 0.05) is 50.6 Å². The summed E-state index contributed by atoms with van der Waals surface area (Å²) in [5.74, 6) is 2.47. The van der Waals surface area contributed by atoms with Crippen molar-refractivity contribution in [1.29, 1.82) is 0 Å². The van der Waals surface area contributed by atoms with Gasteiger partial charge < -0.3 is 9.80 Å². The van der Waals surface area contributed by atoms with E-state index in [-0.39, 0.29) is 5.91 Å². The lowest BCUT2D eigenvalue weighted by Crippen LogP contribution is -2.44. The molecule has 2 amide bonds. The molecule has 2 saturated heterocycles. The van der Waals surface area contributed by atoms with Gasteiger partial charge in [-0.15, -0.1) is 0 Å². The molecule has 0 bridgehead atoms. The van der Waals surface area contributed by atoms with Crippen molar-refractivity contribution in [2.45, 2.75) is 65.2 Å². The Morgan fingerprint density at radius 3 is 2.00 bits per heavy atom. The second-order valence-electron chi connectivity index (χ2n) is 9.08. The number of hydrogen-bond donors (Lipinski definition) is 1. The van der Waals surface area contributed by atoms with E-state index in [1.54, 1.807) is 0 Å². The molecule has 3 heterocycles. The summed E-state index contributed by atoms with van der Waals surface area (Å²) in [5.41, 5.74) is 3.29. The number of aromatic nitrogens is 2. The average Bonchev–Trinajstić information content (AvgIpc) is 3.53. The van der Waals surface area contributed by atoms with Crippen molar-refractivity contribution in [2.24, 2.45) is 17.8 Å². The van der Waals surface area contributed by atoms with E-state index in [1.807, 2.05) is 6.92 Å². The minimum absolute atomic E-state index is 0.267. The molecule has 1 N–H and O–H groups in total. The first-order valence-corrected chi connectivity index (χ1v) is 11.1. The van der Waals surface area contributed by atoms with Crippen LogP contribution in [0.4, 0.5) is 0 Å². The van der Waals surface area contributed by atoms with Gasteiger partial charge in [0.1, 0.15) is 0 Å². The Kier molecular flexibility index (Phi) is 5.74. The zero-order chi connectivity index (χ0) is 19.7. The maximum Gasteiger partial charge on any atom is 0.225 e. The van der Waals surface area contributed by atoms with Gasteiger partial charge in [-0.3, -0.25) is 14.7 Å². The van der Waals surface area contributed by atoms with Crippen LogP contribution in [-0.2, 0) is 16.0 Å². The number of amides is 2. The molecule has 1 aromatic heterocycles. The quantitative estimate of drug-likeness (QED) is 0.846. The predicted octanol–water partition coefficient (Wildman–Crippen LogP) is 2.85. The number of H-pyrrole nitrogens is 1. The molecule has 1 aliphatic carbocycles. The van der Waals surface area contributed by atoms with Crippen LogP contribution in [-0.4, -0.2) is 58.0 Å². The van der Waals surface area contributed by atoms with E-state index in [1.165, 1.54) is 5.56 Å². The van der Waals surface area contributed by atoms with Crippen molar-refractivity contribution in [3.63, 3.8) is 0 Å². The number of rotatable bonds is 5. The predicted molar refractivity (Wildman–Crippen MR) is 108 cm³/mol. The zero-order valence-corrected chi connectivity index (χ0v) is 17.4. The number of piperidine rings is 2. The van der Waals surface area contributed by atoms with Crippen LogP contribution in [0.1, 0.15) is 61.9 Å². The van der Waals surface area contributed by atoms with Crippen LogP contribution >= 0.6 is 0 Å². The molecule has 0 aromatic carbocycles. The van der Waals surface area contributed by atoms with Crippen LogP contribution in [0.25, 0.3) is 0 Å². The van der Waals surface area contributed by atoms with Crippen molar-refractivity contribution < 1.29 is 9.59 Å². The van der Waals surface area contributed by atoms with Crippen molar-refractivity contribution in [3.8, 4) is 0 Å². The molecule has 2 aliphatic heterocycles. The maximum atomic E-state index is 12.6. The molecular weight excluding hydrogens is 352 g/mol. The van der Waals surface area contributed by atoms with E-state index in [0.29, 0.717) is 18.2 Å². The van der Waals surface area contributed by atoms with Gasteiger partial charge in [-0.2, -0.15) is 5.10 Å². The van der Waals surface area contributed by atoms with Gasteiger partial charge in [-0.05, 0) is 69.8 Å². The molecular formula is C22H34N4O2. The van der Waals surface area contributed by atoms with Crippen LogP contribution in [0, 0.1) is 31.6 Å². The van der Waals surface area contributed by atoms with Crippen LogP contribution in [0.5, 0.6) is 0 Å². The third-order valence-corrected chi connectivity index (χ3v) is 7.27. The number of aromatic amines is 1. The molecule has 154 valence electrons. The Morgan fingerprint density at radius 1 is 0.929 bits per heavy atom. The summed E-state index contributed by atoms with van der Waals surface area (Å²) in [7, 11) is 0. The largest absolute Gasteiger partial charge is 0.343 e. The van der Waals surface area contributed by atoms with Crippen LogP contribution in [0.15, 0.2) is 0 Å². The highest BCUT2D eigenvalue weighted by atomic mass is 16.2. The second-order valence-corrected chi connectivity index (χ2v) is 9.08. The summed E-state index contributed by atoms with van der Waals surface area (Å²) in [6.45, 7) is 7.76. The van der Waals surface area contributed by atoms with Gasteiger partial charge in [0.15, 0.2) is 0 Å². The Morgan fingerprint density at radius 2 is 1.50 bits per heavy atom. The highest BCUT2D eigenvalue weighted by molar-refractivity contribution is 5.81. The van der Waals surface area contributed by atoms with Crippen LogP contribution < -0.4 is 0 Å². The summed E-state index contributed by atoms with van der Waals surface area (Å²) in [4.78, 5) is 29.0. The van der Waals surface area contributed by atoms with Crippen molar-refractivity contribution in [1.82, 2.24) is 20.0 Å². The fourth-order valence-electron chi connectivity index (χ4n) is 4.96. The first-order valence-electron chi connectivity index (χ1n) is 11.1. The van der Waals surface area contributed by atoms with E-state index in [2.05, 4.69) is 26.9 Å². The normalized spacial score (nSPS) is 21.9. The van der Waals surface area contributed by atoms with E-state index >= 15 is 0 Å². The molecule has 0 unspecified atom stereocenters. The lowest BCUT2D eigenvalue weighted by molar-refractivity contribution is -0.135. The van der Waals surface area contributed by atoms with Crippen molar-refractivity contribution in [2.75, 3.05) is 26.2 Å². The summed E-state index contributed by atoms with van der Waals surface area (Å²) in [6.07, 6.45) is 8.01. The van der Waals surface area contributed by atoms with Crippen LogP contribution in [0.3, 0.4) is 0 Å². The number of carbonyl (C=O) groups excluding carboxylic acids is 2. The molecule has 0 radical (unpaired) electrons. The van der Waals surface area contributed by atoms with Crippen molar-refractivity contribution >= 4 is 11.8 Å². The molecule has 4 rings (SSSR count). The molecule has 3 fully saturated rings. The Bertz CT molecular complexity index is 708. The molecule has 0 spiro atoms. The van der Waals surface area contributed by atoms with Crippen molar-refractivity contribution in [3.05, 3.63) is 17.0 Å². The molecule has 6 nitrogen and oxygen atoms in total. The summed E-state index contributed by atoms with van der Waals surface area (Å²) >= 11 is 0. The second kappa shape index (κ2) is 8.26. The SMILES string of the molecule is Cc1[nH]nc(CCC(=O)N2CCC(C3CCN(C(=O)C4CC4)CC3)CC2)c1C. The third-order valence-electron chi connectivity index (χ3n) is 7.27. The maximum absolute atomic E-state index is 12.6. The molecule has 1 aromatic rings. The fourth-order valence-corrected chi connectivity index (χ4v) is 4.96. The fraction of sp³-hybridized carbons (Fsp3) is 0.773. The molecule has 1 saturated carbocycles. The number of aryl methyl sites for hydroxylation is 2. The topological polar surface area (TPSA) is 69.3 Å². The van der Waals surface area contributed by atoms with E-state index in [9.17, 15) is 9.59 Å². The van der Waals surface area contributed by atoms with Gasteiger partial charge in [-0.25, -0.2) is 0 Å². The van der Waals surface area contributed by atoms with Gasteiger partial charge in [0.25, 0.3) is 0 Å². The highest BCUT2D eigenvalue weighted by Crippen LogP contribution is 2.36. The number of nitrogens with zero attached hydrogens (tertiary/aromatic N) is 3. The zero-order valence-electron chi connectivity index (χ0n) is 17.4. The molecule has 6 heteroatoms. The van der Waals surface area contributed by atoms with Gasteiger partial charge >= 0.3 is 0 Å². The Labute approximate surface area is 168 Å². The Balaban J connectivity index is 1.18. The number of nitrogens with one attached hydrogen (secondary N) is 1. The summed E-state index contributed by atoms with van der Waals surface area (Å²) in [5, 5.41) is 7.32. The molecule has 28 heavy (non-hydrogen) atoms. The minimum Gasteiger partial charge on any atom is -0.343 e. The van der Waals surface area contributed by atoms with Gasteiger partial charge in [-0.1, -0.05) is 0 Å². The first-order chi connectivity index (χ1) is 13.5. The summed E-state index contributed by atoms with van der Waals surface area (Å²) < 4.78 is 0. The van der Waals surface area contributed by atoms with E-state index < -0.39 is 0 Å². The number of carbonyl (C=O) groups is 2. The van der Waals surface area contributed by atoms with E-state index in [4.69, 9.17) is 0 Å².